The molecule has 212 valence electrons. The monoisotopic (exact) mass is 554 g/mol. The molecule has 0 spiro atoms. The Balaban J connectivity index is 1.55. The van der Waals surface area contributed by atoms with E-state index in [1.165, 1.54) is 0 Å². The average Bonchev–Trinajstić information content (AvgIpc) is 2.97. The lowest BCUT2D eigenvalue weighted by molar-refractivity contribution is 0.1000. The Hall–Kier alpha value is -4.70. The van der Waals surface area contributed by atoms with Gasteiger partial charge in [-0.2, -0.15) is 0 Å². The van der Waals surface area contributed by atoms with Crippen LogP contribution in [-0.4, -0.2) is 11.8 Å². The van der Waals surface area contributed by atoms with Gasteiger partial charge in [0.1, 0.15) is 0 Å². The average molecular weight is 555 g/mol. The molecule has 4 heteroatoms. The van der Waals surface area contributed by atoms with Crippen LogP contribution in [0.5, 0.6) is 0 Å². The third kappa shape index (κ3) is 6.13. The summed E-state index contributed by atoms with van der Waals surface area (Å²) in [7, 11) is 0. The maximum absolute atomic E-state index is 14.4. The number of hydrogen-bond acceptors (Lipinski definition) is 2. The second-order valence-corrected chi connectivity index (χ2v) is 12.8. The second-order valence-electron chi connectivity index (χ2n) is 12.8. The highest BCUT2D eigenvalue weighted by Gasteiger charge is 2.25. The van der Waals surface area contributed by atoms with E-state index in [0.717, 1.165) is 33.3 Å². The highest BCUT2D eigenvalue weighted by Crippen LogP contribution is 2.33. The first-order valence-corrected chi connectivity index (χ1v) is 14.4. The summed E-state index contributed by atoms with van der Waals surface area (Å²) in [4.78, 5) is 29.8. The van der Waals surface area contributed by atoms with Gasteiger partial charge in [-0.05, 0) is 81.3 Å². The molecule has 0 aliphatic rings. The highest BCUT2D eigenvalue weighted by atomic mass is 16.2. The first kappa shape index (κ1) is 28.8. The van der Waals surface area contributed by atoms with Gasteiger partial charge in [0.25, 0.3) is 11.8 Å². The van der Waals surface area contributed by atoms with E-state index in [9.17, 15) is 9.59 Å². The Kier molecular flexibility index (Phi) is 7.74. The Morgan fingerprint density at radius 2 is 1.14 bits per heavy atom. The molecule has 0 saturated carbocycles. The Morgan fingerprint density at radius 1 is 0.571 bits per heavy atom. The van der Waals surface area contributed by atoms with Gasteiger partial charge in [-0.25, -0.2) is 0 Å². The number of nitrogens with zero attached hydrogens (tertiary/aromatic N) is 1. The molecule has 42 heavy (non-hydrogen) atoms. The largest absolute Gasteiger partial charge is 0.321 e. The summed E-state index contributed by atoms with van der Waals surface area (Å²) >= 11 is 0. The zero-order valence-electron chi connectivity index (χ0n) is 25.2. The quantitative estimate of drug-likeness (QED) is 0.235. The third-order valence-corrected chi connectivity index (χ3v) is 7.54. The van der Waals surface area contributed by atoms with Crippen LogP contribution in [0.15, 0.2) is 115 Å². The Labute approximate surface area is 249 Å². The van der Waals surface area contributed by atoms with E-state index in [0.29, 0.717) is 16.8 Å². The number of hydrogen-bond donors (Lipinski definition) is 1. The SMILES string of the molecule is CC(C)(C)c1cc(C(=O)Nc2ccccc2C(=O)N(c2ccccc2)c2ccc3ccccc3c2)cc(C(C)(C)C)c1. The second kappa shape index (κ2) is 11.3. The topological polar surface area (TPSA) is 49.4 Å². The predicted molar refractivity (Wildman–Crippen MR) is 175 cm³/mol. The normalized spacial score (nSPS) is 11.8. The van der Waals surface area contributed by atoms with Crippen LogP contribution in [0.25, 0.3) is 10.8 Å². The van der Waals surface area contributed by atoms with Gasteiger partial charge < -0.3 is 5.32 Å². The van der Waals surface area contributed by atoms with E-state index in [1.54, 1.807) is 17.0 Å². The standard InChI is InChI=1S/C38H38N2O2/c1-37(2,3)29-22-28(23-30(25-29)38(4,5)6)35(41)39-34-19-13-12-18-33(34)36(42)40(31-16-8-7-9-17-31)32-21-20-26-14-10-11-15-27(26)24-32/h7-25H,1-6H3,(H,39,41). The van der Waals surface area contributed by atoms with E-state index < -0.39 is 0 Å². The molecule has 0 heterocycles. The first-order valence-electron chi connectivity index (χ1n) is 14.4. The van der Waals surface area contributed by atoms with Crippen molar-refractivity contribution < 1.29 is 9.59 Å². The molecule has 0 aliphatic heterocycles. The van der Waals surface area contributed by atoms with Crippen molar-refractivity contribution in [3.05, 3.63) is 138 Å². The number of carbonyl (C=O) groups is 2. The van der Waals surface area contributed by atoms with Crippen LogP contribution in [0, 0.1) is 0 Å². The number of benzene rings is 5. The van der Waals surface area contributed by atoms with Crippen molar-refractivity contribution in [2.45, 2.75) is 52.4 Å². The van der Waals surface area contributed by atoms with Crippen LogP contribution < -0.4 is 10.2 Å². The summed E-state index contributed by atoms with van der Waals surface area (Å²) in [5.41, 5.74) is 4.88. The number of para-hydroxylation sites is 2. The molecule has 5 aromatic rings. The molecule has 0 saturated heterocycles. The molecule has 0 bridgehead atoms. The molecule has 1 N–H and O–H groups in total. The van der Waals surface area contributed by atoms with Crippen molar-refractivity contribution in [2.24, 2.45) is 0 Å². The van der Waals surface area contributed by atoms with Gasteiger partial charge in [-0.3, -0.25) is 14.5 Å². The van der Waals surface area contributed by atoms with Crippen LogP contribution in [0.4, 0.5) is 17.1 Å². The Morgan fingerprint density at radius 3 is 1.79 bits per heavy atom. The van der Waals surface area contributed by atoms with Gasteiger partial charge in [-0.1, -0.05) is 108 Å². The number of anilines is 3. The third-order valence-electron chi connectivity index (χ3n) is 7.54. The Bertz CT molecular complexity index is 1730. The fraction of sp³-hybridized carbons (Fsp3) is 0.211. The molecule has 5 aromatic carbocycles. The van der Waals surface area contributed by atoms with Gasteiger partial charge in [0, 0.05) is 16.9 Å². The fourth-order valence-electron chi connectivity index (χ4n) is 4.99. The zero-order valence-corrected chi connectivity index (χ0v) is 25.2. The molecule has 4 nitrogen and oxygen atoms in total. The fourth-order valence-corrected chi connectivity index (χ4v) is 4.99. The summed E-state index contributed by atoms with van der Waals surface area (Å²) in [5, 5.41) is 5.21. The lowest BCUT2D eigenvalue weighted by atomic mass is 9.79. The molecule has 2 amide bonds. The van der Waals surface area contributed by atoms with E-state index >= 15 is 0 Å². The van der Waals surface area contributed by atoms with Crippen molar-refractivity contribution >= 4 is 39.6 Å². The van der Waals surface area contributed by atoms with Crippen LogP contribution in [0.2, 0.25) is 0 Å². The van der Waals surface area contributed by atoms with Gasteiger partial charge in [0.2, 0.25) is 0 Å². The van der Waals surface area contributed by atoms with E-state index in [2.05, 4.69) is 59.0 Å². The number of rotatable bonds is 5. The number of nitrogens with one attached hydrogen (secondary N) is 1. The van der Waals surface area contributed by atoms with Gasteiger partial charge in [0.05, 0.1) is 11.3 Å². The molecule has 0 aliphatic carbocycles. The summed E-state index contributed by atoms with van der Waals surface area (Å²) in [6.45, 7) is 12.9. The van der Waals surface area contributed by atoms with Crippen LogP contribution in [-0.2, 0) is 10.8 Å². The molecule has 0 unspecified atom stereocenters. The van der Waals surface area contributed by atoms with E-state index in [4.69, 9.17) is 0 Å². The van der Waals surface area contributed by atoms with Crippen LogP contribution in [0.1, 0.15) is 73.4 Å². The van der Waals surface area contributed by atoms with Gasteiger partial charge in [0.15, 0.2) is 0 Å². The minimum atomic E-state index is -0.246. The van der Waals surface area contributed by atoms with Gasteiger partial charge in [-0.15, -0.1) is 0 Å². The van der Waals surface area contributed by atoms with Crippen LogP contribution >= 0.6 is 0 Å². The minimum Gasteiger partial charge on any atom is -0.321 e. The highest BCUT2D eigenvalue weighted by molar-refractivity contribution is 6.16. The van der Waals surface area contributed by atoms with Gasteiger partial charge >= 0.3 is 0 Å². The summed E-state index contributed by atoms with van der Waals surface area (Å²) in [6, 6.07) is 37.0. The molecule has 0 radical (unpaired) electrons. The first-order chi connectivity index (χ1) is 19.9. The maximum atomic E-state index is 14.4. The minimum absolute atomic E-state index is 0.125. The summed E-state index contributed by atoms with van der Waals surface area (Å²) < 4.78 is 0. The summed E-state index contributed by atoms with van der Waals surface area (Å²) in [6.07, 6.45) is 0. The lowest BCUT2D eigenvalue weighted by Gasteiger charge is -2.26. The number of carbonyl (C=O) groups excluding carboxylic acids is 2. The molecule has 0 fully saturated rings. The molecule has 5 rings (SSSR count). The van der Waals surface area contributed by atoms with E-state index in [-0.39, 0.29) is 22.6 Å². The van der Waals surface area contributed by atoms with Crippen molar-refractivity contribution in [1.82, 2.24) is 0 Å². The lowest BCUT2D eigenvalue weighted by Crippen LogP contribution is -2.27. The van der Waals surface area contributed by atoms with Crippen LogP contribution in [0.3, 0.4) is 0 Å². The molecule has 0 atom stereocenters. The van der Waals surface area contributed by atoms with Crippen molar-refractivity contribution in [3.8, 4) is 0 Å². The van der Waals surface area contributed by atoms with Crippen molar-refractivity contribution in [2.75, 3.05) is 10.2 Å². The number of amides is 2. The van der Waals surface area contributed by atoms with Crippen molar-refractivity contribution in [3.63, 3.8) is 0 Å². The zero-order chi connectivity index (χ0) is 30.1. The molecular weight excluding hydrogens is 516 g/mol. The molecule has 0 aromatic heterocycles. The summed E-state index contributed by atoms with van der Waals surface area (Å²) in [5.74, 6) is -0.477. The van der Waals surface area contributed by atoms with Crippen molar-refractivity contribution in [1.29, 1.82) is 0 Å². The van der Waals surface area contributed by atoms with E-state index in [1.807, 2.05) is 91.0 Å². The number of fused-ring (bicyclic) bond motifs is 1. The smallest absolute Gasteiger partial charge is 0.264 e. The predicted octanol–water partition coefficient (Wildman–Crippen LogP) is 9.67. The maximum Gasteiger partial charge on any atom is 0.264 e. The molecular formula is C38H38N2O2.